The van der Waals surface area contributed by atoms with E-state index in [2.05, 4.69) is 22.1 Å². The van der Waals surface area contributed by atoms with Gasteiger partial charge in [-0.1, -0.05) is 105 Å². The summed E-state index contributed by atoms with van der Waals surface area (Å²) in [6.45, 7) is 1.45. The predicted molar refractivity (Wildman–Crippen MR) is 175 cm³/mol. The molecule has 0 spiro atoms. The summed E-state index contributed by atoms with van der Waals surface area (Å²) in [5, 5.41) is 0. The van der Waals surface area contributed by atoms with E-state index in [1.807, 2.05) is 30.3 Å². The molecule has 1 fully saturated rings. The zero-order valence-corrected chi connectivity index (χ0v) is 27.6. The van der Waals surface area contributed by atoms with Crippen molar-refractivity contribution in [2.45, 2.75) is 71.5 Å². The Labute approximate surface area is 285 Å². The second-order valence-electron chi connectivity index (χ2n) is 11.2. The van der Waals surface area contributed by atoms with E-state index in [0.29, 0.717) is 28.3 Å². The maximum absolute atomic E-state index is 14.4. The van der Waals surface area contributed by atoms with Crippen LogP contribution in [0.2, 0.25) is 0 Å². The van der Waals surface area contributed by atoms with Crippen LogP contribution in [0.5, 0.6) is 0 Å². The molecule has 3 aromatic carbocycles. The van der Waals surface area contributed by atoms with E-state index in [1.54, 1.807) is 68.7 Å². The van der Waals surface area contributed by atoms with Crippen LogP contribution >= 0.6 is 0 Å². The van der Waals surface area contributed by atoms with Gasteiger partial charge in [-0.05, 0) is 60.0 Å². The van der Waals surface area contributed by atoms with Crippen LogP contribution in [0.25, 0.3) is 22.5 Å². The Morgan fingerprint density at radius 1 is 0.909 bits per heavy atom. The minimum Gasteiger partial charge on any atom is -0.305 e. The van der Waals surface area contributed by atoms with Gasteiger partial charge in [-0.2, -0.15) is 0 Å². The summed E-state index contributed by atoms with van der Waals surface area (Å²) in [6.07, 6.45) is 8.24. The van der Waals surface area contributed by atoms with Crippen molar-refractivity contribution < 1.29 is 32.7 Å². The Balaban J connectivity index is 0.000000222. The molecule has 0 saturated heterocycles. The molecule has 2 aromatic heterocycles. The van der Waals surface area contributed by atoms with E-state index in [4.69, 9.17) is 8.22 Å². The number of hydrogen-bond acceptors (Lipinski definition) is 2. The number of aryl methyl sites for hydroxylation is 1. The monoisotopic (exact) mass is 767 g/mol. The third-order valence-corrected chi connectivity index (χ3v) is 7.77. The van der Waals surface area contributed by atoms with Crippen molar-refractivity contribution in [2.75, 3.05) is 0 Å². The molecule has 229 valence electrons. The first kappa shape index (κ1) is 25.8. The average molecular weight is 767 g/mol. The van der Waals surface area contributed by atoms with Crippen molar-refractivity contribution in [3.63, 3.8) is 0 Å². The fourth-order valence-electron chi connectivity index (χ4n) is 5.35. The maximum Gasteiger partial charge on any atom is 0.0414 e. The predicted octanol–water partition coefficient (Wildman–Crippen LogP) is 10.4. The second-order valence-corrected chi connectivity index (χ2v) is 11.2. The molecule has 0 aliphatic heterocycles. The molecule has 2 nitrogen and oxygen atoms in total. The van der Waals surface area contributed by atoms with Gasteiger partial charge in [0, 0.05) is 46.5 Å². The van der Waals surface area contributed by atoms with E-state index < -0.39 is 24.9 Å². The van der Waals surface area contributed by atoms with Gasteiger partial charge in [-0.3, -0.25) is 4.39 Å². The Morgan fingerprint density at radius 2 is 1.68 bits per heavy atom. The molecule has 5 aromatic rings. The fraction of sp³-hybridized carbons (Fsp3) is 0.300. The van der Waals surface area contributed by atoms with Crippen molar-refractivity contribution in [1.82, 2.24) is 9.97 Å². The zero-order valence-electron chi connectivity index (χ0n) is 31.2. The number of hydrogen-bond donors (Lipinski definition) is 0. The Kier molecular flexibility index (Phi) is 9.72. The van der Waals surface area contributed by atoms with Gasteiger partial charge in [-0.25, -0.2) is 0 Å². The molecule has 0 N–H and O–H groups in total. The number of halogens is 1. The summed E-state index contributed by atoms with van der Waals surface area (Å²) in [6, 6.07) is 30.3. The molecule has 0 unspecified atom stereocenters. The van der Waals surface area contributed by atoms with Crippen LogP contribution in [0.1, 0.15) is 87.9 Å². The summed E-state index contributed by atoms with van der Waals surface area (Å²) >= 11 is 0. The molecule has 1 aliphatic carbocycles. The van der Waals surface area contributed by atoms with E-state index in [1.165, 1.54) is 38.2 Å². The molecular weight excluding hydrogens is 720 g/mol. The first-order chi connectivity index (χ1) is 23.2. The van der Waals surface area contributed by atoms with Gasteiger partial charge in [0.25, 0.3) is 0 Å². The molecule has 1 saturated carbocycles. The molecule has 44 heavy (non-hydrogen) atoms. The largest absolute Gasteiger partial charge is 0.305 e. The fourth-order valence-corrected chi connectivity index (χ4v) is 5.35. The molecule has 2 heterocycles. The number of benzene rings is 3. The molecular formula is C40H41FIrN2-2. The van der Waals surface area contributed by atoms with Crippen LogP contribution in [0.3, 0.4) is 0 Å². The van der Waals surface area contributed by atoms with Gasteiger partial charge < -0.3 is 9.97 Å². The summed E-state index contributed by atoms with van der Waals surface area (Å²) in [4.78, 5) is 8.67. The van der Waals surface area contributed by atoms with E-state index >= 15 is 0 Å². The van der Waals surface area contributed by atoms with Crippen molar-refractivity contribution >= 4 is 0 Å². The van der Waals surface area contributed by atoms with Crippen LogP contribution in [0.4, 0.5) is 4.39 Å². The zero-order chi connectivity index (χ0) is 35.2. The summed E-state index contributed by atoms with van der Waals surface area (Å²) in [5.41, 5.74) is 5.17. The summed E-state index contributed by atoms with van der Waals surface area (Å²) in [5.74, 6) is -0.849. The first-order valence-corrected chi connectivity index (χ1v) is 14.9. The molecule has 0 atom stereocenters. The van der Waals surface area contributed by atoms with Crippen LogP contribution in [0.15, 0.2) is 97.3 Å². The SMILES string of the molecule is [2H]C(C)(C)c1ccnc(-c2[c-]cc(F)c(C([2H])([2H])c3ccccc3)c2)c1.[2H]C([2H])([2H])c1cnc(-c2[c-]cccc2)cc1CC1CCCCC1.[Ir]. The minimum absolute atomic E-state index is 0. The van der Waals surface area contributed by atoms with Crippen LogP contribution in [-0.4, -0.2) is 9.97 Å². The van der Waals surface area contributed by atoms with Gasteiger partial charge in [0.1, 0.15) is 0 Å². The van der Waals surface area contributed by atoms with Crippen molar-refractivity contribution in [1.29, 1.82) is 0 Å². The Hall–Kier alpha value is -3.46. The van der Waals surface area contributed by atoms with Crippen molar-refractivity contribution in [3.8, 4) is 22.5 Å². The molecule has 1 radical (unpaired) electrons. The quantitative estimate of drug-likeness (QED) is 0.154. The minimum atomic E-state index is -2.10. The summed E-state index contributed by atoms with van der Waals surface area (Å²) < 4.78 is 62.8. The Morgan fingerprint density at radius 3 is 2.41 bits per heavy atom. The number of aromatic nitrogens is 2. The van der Waals surface area contributed by atoms with Gasteiger partial charge in [0.2, 0.25) is 0 Å². The van der Waals surface area contributed by atoms with Crippen molar-refractivity contribution in [2.24, 2.45) is 5.92 Å². The molecule has 0 bridgehead atoms. The van der Waals surface area contributed by atoms with Gasteiger partial charge in [0.05, 0.1) is 0 Å². The standard InChI is InChI=1S/C21H19FN.C19H22N.Ir/c1-15(2)17-10-11-23-21(14-17)18-8-9-20(22)19(13-18)12-16-6-4-3-5-7-16;1-15-14-20-19(17-10-6-3-7-11-17)13-18(15)12-16-8-4-2-5-9-16;/h3-7,9-11,13-15H,12H2,1-2H3;3,6-7,10,13-14,16H,2,4-5,8-9,12H2,1H3;/q2*-1;/i12D2,15D;1D3;. The Bertz CT molecular complexity index is 1840. The maximum atomic E-state index is 14.4. The molecule has 1 aliphatic rings. The first-order valence-electron chi connectivity index (χ1n) is 17.9. The second kappa shape index (κ2) is 16.6. The smallest absolute Gasteiger partial charge is 0.0414 e. The van der Waals surface area contributed by atoms with Gasteiger partial charge in [0.15, 0.2) is 0 Å². The average Bonchev–Trinajstić information content (AvgIpc) is 3.09. The topological polar surface area (TPSA) is 25.8 Å². The van der Waals surface area contributed by atoms with Crippen molar-refractivity contribution in [3.05, 3.63) is 143 Å². The number of rotatable bonds is 7. The normalized spacial score (nSPS) is 16.0. The van der Waals surface area contributed by atoms with Gasteiger partial charge >= 0.3 is 0 Å². The molecule has 4 heteroatoms. The van der Waals surface area contributed by atoms with Gasteiger partial charge in [-0.15, -0.1) is 59.7 Å². The molecule has 0 amide bonds. The van der Waals surface area contributed by atoms with Crippen LogP contribution in [-0.2, 0) is 32.9 Å². The number of nitrogens with zero attached hydrogens (tertiary/aromatic N) is 2. The van der Waals surface area contributed by atoms with Crippen LogP contribution < -0.4 is 0 Å². The van der Waals surface area contributed by atoms with Crippen LogP contribution in [0, 0.1) is 30.7 Å². The van der Waals surface area contributed by atoms with E-state index in [0.717, 1.165) is 34.9 Å². The molecule has 6 rings (SSSR count). The van der Waals surface area contributed by atoms with E-state index in [-0.39, 0.29) is 25.7 Å². The number of pyridine rings is 2. The third kappa shape index (κ3) is 9.27. The summed E-state index contributed by atoms with van der Waals surface area (Å²) in [7, 11) is 0. The van der Waals surface area contributed by atoms with E-state index in [9.17, 15) is 4.39 Å². The third-order valence-electron chi connectivity index (χ3n) is 7.77.